The fraction of sp³-hybridized carbons (Fsp3) is 0.667. The van der Waals surface area contributed by atoms with Crippen molar-refractivity contribution in [2.24, 2.45) is 10.9 Å². The minimum absolute atomic E-state index is 0.366. The highest BCUT2D eigenvalue weighted by atomic mass is 35.5. The molecule has 6 heteroatoms. The molecule has 0 aromatic carbocycles. The molecule has 2 rings (SSSR count). The quantitative estimate of drug-likeness (QED) is 0.659. The van der Waals surface area contributed by atoms with Crippen LogP contribution in [0.2, 0.25) is 4.34 Å². The van der Waals surface area contributed by atoms with Crippen LogP contribution in [0.3, 0.4) is 0 Å². The molecule has 1 saturated heterocycles. The minimum atomic E-state index is -0.583. The molecule has 1 aromatic heterocycles. The summed E-state index contributed by atoms with van der Waals surface area (Å²) in [6.07, 6.45) is 1.82. The Labute approximate surface area is 135 Å². The van der Waals surface area contributed by atoms with Gasteiger partial charge in [-0.05, 0) is 37.8 Å². The number of aliphatic imine (C=N–C) groups is 1. The third-order valence-electron chi connectivity index (χ3n) is 3.75. The van der Waals surface area contributed by atoms with Gasteiger partial charge in [-0.3, -0.25) is 4.99 Å². The van der Waals surface area contributed by atoms with E-state index in [4.69, 9.17) is 11.6 Å². The number of rotatable bonds is 4. The molecule has 0 aliphatic carbocycles. The summed E-state index contributed by atoms with van der Waals surface area (Å²) >= 11 is 7.31. The highest BCUT2D eigenvalue weighted by Gasteiger charge is 2.19. The Hall–Kier alpha value is -0.780. The lowest BCUT2D eigenvalue weighted by molar-refractivity contribution is 0.189. The van der Waals surface area contributed by atoms with Gasteiger partial charge in [-0.15, -0.1) is 11.3 Å². The Morgan fingerprint density at radius 1 is 1.52 bits per heavy atom. The predicted molar refractivity (Wildman–Crippen MR) is 90.2 cm³/mol. The molecule has 2 heterocycles. The van der Waals surface area contributed by atoms with Crippen molar-refractivity contribution in [3.05, 3.63) is 21.3 Å². The number of nitrogens with one attached hydrogen (secondary N) is 1. The van der Waals surface area contributed by atoms with Crippen molar-refractivity contribution in [1.82, 2.24) is 10.2 Å². The smallest absolute Gasteiger partial charge is 0.194 e. The van der Waals surface area contributed by atoms with Crippen molar-refractivity contribution in [3.8, 4) is 0 Å². The van der Waals surface area contributed by atoms with Crippen molar-refractivity contribution >= 4 is 28.9 Å². The van der Waals surface area contributed by atoms with Gasteiger partial charge >= 0.3 is 0 Å². The standard InChI is InChI=1S/C15H24ClN3OS/c1-3-17-15(19-8-6-11(2)7-9-19)18-10-12(20)13-4-5-14(16)21-13/h4-5,11-12,20H,3,6-10H2,1-2H3,(H,17,18). The van der Waals surface area contributed by atoms with Crippen LogP contribution in [0.4, 0.5) is 0 Å². The summed E-state index contributed by atoms with van der Waals surface area (Å²) in [6, 6.07) is 3.68. The zero-order valence-corrected chi connectivity index (χ0v) is 14.3. The van der Waals surface area contributed by atoms with Gasteiger partial charge in [0, 0.05) is 24.5 Å². The first kappa shape index (κ1) is 16.6. The number of guanidine groups is 1. The van der Waals surface area contributed by atoms with E-state index in [1.165, 1.54) is 24.2 Å². The van der Waals surface area contributed by atoms with Gasteiger partial charge in [0.05, 0.1) is 10.9 Å². The second-order valence-corrected chi connectivity index (χ2v) is 7.27. The van der Waals surface area contributed by atoms with Gasteiger partial charge < -0.3 is 15.3 Å². The van der Waals surface area contributed by atoms with Crippen molar-refractivity contribution in [2.45, 2.75) is 32.8 Å². The number of aliphatic hydroxyl groups is 1. The summed E-state index contributed by atoms with van der Waals surface area (Å²) < 4.78 is 0.699. The van der Waals surface area contributed by atoms with Crippen molar-refractivity contribution in [2.75, 3.05) is 26.2 Å². The maximum atomic E-state index is 10.2. The number of likely N-dealkylation sites (tertiary alicyclic amines) is 1. The second kappa shape index (κ2) is 8.01. The predicted octanol–water partition coefficient (Wildman–Crippen LogP) is 3.13. The number of nitrogens with zero attached hydrogens (tertiary/aromatic N) is 2. The van der Waals surface area contributed by atoms with Crippen LogP contribution < -0.4 is 5.32 Å². The summed E-state index contributed by atoms with van der Waals surface area (Å²) in [7, 11) is 0. The number of hydrogen-bond acceptors (Lipinski definition) is 3. The summed E-state index contributed by atoms with van der Waals surface area (Å²) in [4.78, 5) is 7.75. The molecular formula is C15H24ClN3OS. The third kappa shape index (κ3) is 4.87. The van der Waals surface area contributed by atoms with E-state index in [2.05, 4.69) is 29.1 Å². The molecule has 21 heavy (non-hydrogen) atoms. The van der Waals surface area contributed by atoms with E-state index in [0.717, 1.165) is 36.4 Å². The first-order valence-electron chi connectivity index (χ1n) is 7.56. The minimum Gasteiger partial charge on any atom is -0.386 e. The van der Waals surface area contributed by atoms with Crippen LogP contribution in [0.5, 0.6) is 0 Å². The van der Waals surface area contributed by atoms with E-state index in [-0.39, 0.29) is 0 Å². The van der Waals surface area contributed by atoms with Crippen molar-refractivity contribution in [3.63, 3.8) is 0 Å². The van der Waals surface area contributed by atoms with Crippen LogP contribution in [0, 0.1) is 5.92 Å². The maximum absolute atomic E-state index is 10.2. The molecule has 1 aromatic rings. The van der Waals surface area contributed by atoms with E-state index in [1.807, 2.05) is 12.1 Å². The Morgan fingerprint density at radius 3 is 2.81 bits per heavy atom. The Balaban J connectivity index is 1.96. The van der Waals surface area contributed by atoms with Gasteiger partial charge in [0.1, 0.15) is 6.10 Å². The summed E-state index contributed by atoms with van der Waals surface area (Å²) in [5.74, 6) is 1.70. The molecule has 118 valence electrons. The van der Waals surface area contributed by atoms with Crippen LogP contribution in [-0.4, -0.2) is 42.1 Å². The Morgan fingerprint density at radius 2 is 2.24 bits per heavy atom. The average molecular weight is 330 g/mol. The fourth-order valence-electron chi connectivity index (χ4n) is 2.42. The van der Waals surface area contributed by atoms with Crippen molar-refractivity contribution < 1.29 is 5.11 Å². The molecule has 1 unspecified atom stereocenters. The highest BCUT2D eigenvalue weighted by molar-refractivity contribution is 7.16. The first-order valence-corrected chi connectivity index (χ1v) is 8.76. The molecule has 0 radical (unpaired) electrons. The SMILES string of the molecule is CCNC(=NCC(O)c1ccc(Cl)s1)N1CCC(C)CC1. The largest absolute Gasteiger partial charge is 0.386 e. The molecule has 1 fully saturated rings. The normalized spacial score (nSPS) is 18.9. The second-order valence-electron chi connectivity index (χ2n) is 5.52. The number of halogens is 1. The van der Waals surface area contributed by atoms with Crippen LogP contribution >= 0.6 is 22.9 Å². The molecule has 1 atom stereocenters. The van der Waals surface area contributed by atoms with E-state index in [1.54, 1.807) is 0 Å². The summed E-state index contributed by atoms with van der Waals surface area (Å²) in [5.41, 5.74) is 0. The lowest BCUT2D eigenvalue weighted by atomic mass is 10.00. The van der Waals surface area contributed by atoms with E-state index < -0.39 is 6.10 Å². The van der Waals surface area contributed by atoms with Crippen LogP contribution in [0.25, 0.3) is 0 Å². The summed E-state index contributed by atoms with van der Waals surface area (Å²) in [6.45, 7) is 7.64. The van der Waals surface area contributed by atoms with Gasteiger partial charge in [-0.1, -0.05) is 18.5 Å². The first-order chi connectivity index (χ1) is 10.1. The number of piperidine rings is 1. The fourth-order valence-corrected chi connectivity index (χ4v) is 3.45. The van der Waals surface area contributed by atoms with Crippen molar-refractivity contribution in [1.29, 1.82) is 0 Å². The van der Waals surface area contributed by atoms with E-state index >= 15 is 0 Å². The van der Waals surface area contributed by atoms with Gasteiger partial charge in [0.25, 0.3) is 0 Å². The molecule has 0 bridgehead atoms. The zero-order chi connectivity index (χ0) is 15.2. The van der Waals surface area contributed by atoms with Gasteiger partial charge in [0.2, 0.25) is 0 Å². The van der Waals surface area contributed by atoms with Gasteiger partial charge in [-0.2, -0.15) is 0 Å². The Kier molecular flexibility index (Phi) is 6.33. The number of thiophene rings is 1. The van der Waals surface area contributed by atoms with Crippen LogP contribution in [-0.2, 0) is 0 Å². The summed E-state index contributed by atoms with van der Waals surface area (Å²) in [5, 5.41) is 13.5. The molecule has 1 aliphatic heterocycles. The van der Waals surface area contributed by atoms with Crippen LogP contribution in [0.15, 0.2) is 17.1 Å². The monoisotopic (exact) mass is 329 g/mol. The zero-order valence-electron chi connectivity index (χ0n) is 12.7. The molecule has 0 spiro atoms. The molecule has 2 N–H and O–H groups in total. The molecule has 1 aliphatic rings. The van der Waals surface area contributed by atoms with E-state index in [0.29, 0.717) is 10.9 Å². The number of hydrogen-bond donors (Lipinski definition) is 2. The maximum Gasteiger partial charge on any atom is 0.194 e. The topological polar surface area (TPSA) is 47.9 Å². The average Bonchev–Trinajstić information content (AvgIpc) is 2.91. The Bertz CT molecular complexity index is 469. The number of aliphatic hydroxyl groups excluding tert-OH is 1. The van der Waals surface area contributed by atoms with Gasteiger partial charge in [0.15, 0.2) is 5.96 Å². The van der Waals surface area contributed by atoms with Gasteiger partial charge in [-0.25, -0.2) is 0 Å². The molecule has 4 nitrogen and oxygen atoms in total. The lowest BCUT2D eigenvalue weighted by Gasteiger charge is -2.33. The van der Waals surface area contributed by atoms with Crippen LogP contribution in [0.1, 0.15) is 37.7 Å². The highest BCUT2D eigenvalue weighted by Crippen LogP contribution is 2.27. The third-order valence-corrected chi connectivity index (χ3v) is 5.09. The molecule has 0 amide bonds. The van der Waals surface area contributed by atoms with E-state index in [9.17, 15) is 5.11 Å². The molecule has 0 saturated carbocycles. The lowest BCUT2D eigenvalue weighted by Crippen LogP contribution is -2.45. The molecular weight excluding hydrogens is 306 g/mol.